The van der Waals surface area contributed by atoms with Crippen LogP contribution in [0.5, 0.6) is 0 Å². The third-order valence-electron chi connectivity index (χ3n) is 8.74. The Hall–Kier alpha value is -5.00. The zero-order chi connectivity index (χ0) is 29.3. The summed E-state index contributed by atoms with van der Waals surface area (Å²) in [6, 6.07) is 27.1. The van der Waals surface area contributed by atoms with Gasteiger partial charge in [-0.1, -0.05) is 60.7 Å². The number of rotatable bonds is 5. The Balaban J connectivity index is 1.11. The van der Waals surface area contributed by atoms with Crippen molar-refractivity contribution in [2.75, 3.05) is 18.4 Å². The quantitative estimate of drug-likeness (QED) is 0.241. The molecule has 43 heavy (non-hydrogen) atoms. The number of carbonyl (C=O) groups excluding carboxylic acids is 1. The molecule has 1 unspecified atom stereocenters. The van der Waals surface area contributed by atoms with E-state index in [9.17, 15) is 10.1 Å². The van der Waals surface area contributed by atoms with Gasteiger partial charge in [-0.15, -0.1) is 0 Å². The van der Waals surface area contributed by atoms with Gasteiger partial charge in [0.15, 0.2) is 0 Å². The van der Waals surface area contributed by atoms with E-state index in [1.54, 1.807) is 6.33 Å². The smallest absolute Gasteiger partial charge is 0.322 e. The summed E-state index contributed by atoms with van der Waals surface area (Å²) in [5.41, 5.74) is 9.95. The monoisotopic (exact) mass is 567 g/mol. The first-order chi connectivity index (χ1) is 21.1. The molecule has 2 aromatic heterocycles. The second-order valence-electron chi connectivity index (χ2n) is 11.6. The molecule has 2 aliphatic heterocycles. The van der Waals surface area contributed by atoms with Crippen LogP contribution in [0, 0.1) is 24.2 Å². The summed E-state index contributed by atoms with van der Waals surface area (Å²) < 4.78 is 0. The zero-order valence-electron chi connectivity index (χ0n) is 24.2. The lowest BCUT2D eigenvalue weighted by Crippen LogP contribution is -2.34. The lowest BCUT2D eigenvalue weighted by Gasteiger charge is -2.29. The van der Waals surface area contributed by atoms with Gasteiger partial charge in [0.1, 0.15) is 12.0 Å². The fourth-order valence-corrected chi connectivity index (χ4v) is 6.36. The van der Waals surface area contributed by atoms with Gasteiger partial charge in [0.25, 0.3) is 0 Å². The van der Waals surface area contributed by atoms with E-state index in [1.165, 1.54) is 16.7 Å². The first-order valence-electron chi connectivity index (χ1n) is 14.8. The number of nitriles is 1. The van der Waals surface area contributed by atoms with E-state index >= 15 is 0 Å². The van der Waals surface area contributed by atoms with E-state index < -0.39 is 0 Å². The maximum Gasteiger partial charge on any atom is 0.322 e. The molecule has 8 nitrogen and oxygen atoms in total. The van der Waals surface area contributed by atoms with Crippen molar-refractivity contribution in [2.45, 2.75) is 39.4 Å². The minimum atomic E-state index is -0.109. The molecule has 4 heterocycles. The number of anilines is 1. The van der Waals surface area contributed by atoms with Crippen LogP contribution in [0.2, 0.25) is 0 Å². The van der Waals surface area contributed by atoms with Crippen LogP contribution in [0.25, 0.3) is 33.5 Å². The predicted octanol–water partition coefficient (Wildman–Crippen LogP) is 6.88. The summed E-state index contributed by atoms with van der Waals surface area (Å²) in [5.74, 6) is 0.137. The third kappa shape index (κ3) is 5.36. The van der Waals surface area contributed by atoms with Crippen LogP contribution in [-0.2, 0) is 19.6 Å². The van der Waals surface area contributed by atoms with E-state index in [0.717, 1.165) is 77.3 Å². The highest BCUT2D eigenvalue weighted by atomic mass is 16.2. The maximum atomic E-state index is 13.2. The molecule has 3 aromatic carbocycles. The fourth-order valence-electron chi connectivity index (χ4n) is 6.36. The molecule has 1 fully saturated rings. The summed E-state index contributed by atoms with van der Waals surface area (Å²) in [6.45, 7) is 5.99. The second-order valence-corrected chi connectivity index (χ2v) is 11.6. The molecule has 5 aromatic rings. The number of amides is 2. The molecule has 0 radical (unpaired) electrons. The van der Waals surface area contributed by atoms with Crippen LogP contribution >= 0.6 is 0 Å². The molecule has 7 rings (SSSR count). The average molecular weight is 568 g/mol. The van der Waals surface area contributed by atoms with Gasteiger partial charge in [-0.2, -0.15) is 5.26 Å². The van der Waals surface area contributed by atoms with E-state index in [1.807, 2.05) is 42.2 Å². The lowest BCUT2D eigenvalue weighted by atomic mass is 9.99. The molecule has 8 heteroatoms. The van der Waals surface area contributed by atoms with Gasteiger partial charge >= 0.3 is 6.03 Å². The standard InChI is InChI=1S/C35H33N7O/c1-23-29(9-4-10-31(23)40-35(43)42-20-27-7-2-3-8-28(27)21-42)33-30-16-32(39-34(30)38-22-37-33)26-13-11-24(12-14-26)18-41-15-5-6-25(17-36)19-41/h2-4,7-14,16,22,25H,5-6,15,18-21H2,1H3,(H,40,43)(H,37,38,39). The average Bonchev–Trinajstić information content (AvgIpc) is 3.68. The van der Waals surface area contributed by atoms with Gasteiger partial charge in [0, 0.05) is 48.5 Å². The molecular weight excluding hydrogens is 534 g/mol. The van der Waals surface area contributed by atoms with Crippen LogP contribution < -0.4 is 5.32 Å². The van der Waals surface area contributed by atoms with Gasteiger partial charge in [-0.25, -0.2) is 14.8 Å². The number of urea groups is 1. The number of carbonyl (C=O) groups is 1. The molecule has 0 saturated carbocycles. The normalized spacial score (nSPS) is 16.7. The Bertz CT molecular complexity index is 1830. The number of likely N-dealkylation sites (tertiary alicyclic amines) is 1. The lowest BCUT2D eigenvalue weighted by molar-refractivity contribution is 0.192. The number of hydrogen-bond donors (Lipinski definition) is 2. The van der Waals surface area contributed by atoms with Crippen molar-refractivity contribution in [3.63, 3.8) is 0 Å². The number of hydrogen-bond acceptors (Lipinski definition) is 5. The van der Waals surface area contributed by atoms with Crippen molar-refractivity contribution in [2.24, 2.45) is 5.92 Å². The third-order valence-corrected chi connectivity index (χ3v) is 8.74. The van der Waals surface area contributed by atoms with Crippen molar-refractivity contribution < 1.29 is 4.79 Å². The van der Waals surface area contributed by atoms with Gasteiger partial charge in [-0.3, -0.25) is 4.90 Å². The number of H-pyrrole nitrogens is 1. The van der Waals surface area contributed by atoms with Crippen molar-refractivity contribution in [1.82, 2.24) is 24.8 Å². The Morgan fingerprint density at radius 2 is 1.84 bits per heavy atom. The van der Waals surface area contributed by atoms with Crippen molar-refractivity contribution in [3.05, 3.63) is 101 Å². The molecule has 2 aliphatic rings. The van der Waals surface area contributed by atoms with Crippen molar-refractivity contribution in [1.29, 1.82) is 5.26 Å². The van der Waals surface area contributed by atoms with Gasteiger partial charge in [0.2, 0.25) is 0 Å². The highest BCUT2D eigenvalue weighted by molar-refractivity contribution is 5.97. The maximum absolute atomic E-state index is 13.2. The van der Waals surface area contributed by atoms with E-state index in [0.29, 0.717) is 13.1 Å². The molecule has 1 saturated heterocycles. The summed E-state index contributed by atoms with van der Waals surface area (Å²) >= 11 is 0. The Morgan fingerprint density at radius 1 is 1.05 bits per heavy atom. The van der Waals surface area contributed by atoms with Crippen LogP contribution in [0.4, 0.5) is 10.5 Å². The van der Waals surface area contributed by atoms with Gasteiger partial charge in [-0.05, 0) is 66.3 Å². The number of fused-ring (bicyclic) bond motifs is 2. The summed E-state index contributed by atoms with van der Waals surface area (Å²) in [5, 5.41) is 13.4. The Morgan fingerprint density at radius 3 is 2.60 bits per heavy atom. The number of benzene rings is 3. The van der Waals surface area contributed by atoms with Crippen LogP contribution in [0.15, 0.2) is 79.1 Å². The summed E-state index contributed by atoms with van der Waals surface area (Å²) in [7, 11) is 0. The first-order valence-corrected chi connectivity index (χ1v) is 14.8. The molecule has 0 spiro atoms. The van der Waals surface area contributed by atoms with Crippen molar-refractivity contribution in [3.8, 4) is 28.6 Å². The second kappa shape index (κ2) is 11.3. The van der Waals surface area contributed by atoms with Crippen molar-refractivity contribution >= 4 is 22.8 Å². The Kier molecular flexibility index (Phi) is 7.09. The molecule has 1 atom stereocenters. The number of nitrogens with zero attached hydrogens (tertiary/aromatic N) is 5. The number of piperidine rings is 1. The molecule has 0 aliphatic carbocycles. The van der Waals surface area contributed by atoms with Gasteiger partial charge < -0.3 is 15.2 Å². The molecule has 0 bridgehead atoms. The van der Waals surface area contributed by atoms with Crippen LogP contribution in [0.1, 0.15) is 35.1 Å². The first kappa shape index (κ1) is 26.9. The molecule has 2 N–H and O–H groups in total. The predicted molar refractivity (Wildman–Crippen MR) is 168 cm³/mol. The molecule has 214 valence electrons. The minimum Gasteiger partial charge on any atom is -0.339 e. The zero-order valence-corrected chi connectivity index (χ0v) is 24.2. The van der Waals surface area contributed by atoms with E-state index in [2.05, 4.69) is 73.7 Å². The minimum absolute atomic E-state index is 0.109. The molecular formula is C35H33N7O. The number of nitrogens with one attached hydrogen (secondary N) is 2. The van der Waals surface area contributed by atoms with Crippen LogP contribution in [0.3, 0.4) is 0 Å². The van der Waals surface area contributed by atoms with Crippen LogP contribution in [-0.4, -0.2) is 43.9 Å². The number of aromatic nitrogens is 3. The highest BCUT2D eigenvalue weighted by Crippen LogP contribution is 2.34. The van der Waals surface area contributed by atoms with Gasteiger partial charge in [0.05, 0.1) is 17.7 Å². The van der Waals surface area contributed by atoms with E-state index in [4.69, 9.17) is 0 Å². The largest absolute Gasteiger partial charge is 0.339 e. The fraction of sp³-hybridized carbons (Fsp3) is 0.257. The molecule has 2 amide bonds. The topological polar surface area (TPSA) is 101 Å². The highest BCUT2D eigenvalue weighted by Gasteiger charge is 2.24. The Labute approximate surface area is 251 Å². The SMILES string of the molecule is Cc1c(NC(=O)N2Cc3ccccc3C2)cccc1-c1ncnc2[nH]c(-c3ccc(CN4CCCC(C#N)C4)cc3)cc12. The number of aromatic amines is 1. The van der Waals surface area contributed by atoms with E-state index in [-0.39, 0.29) is 11.9 Å². The summed E-state index contributed by atoms with van der Waals surface area (Å²) in [6.07, 6.45) is 3.67. The summed E-state index contributed by atoms with van der Waals surface area (Å²) in [4.78, 5) is 30.1.